The summed E-state index contributed by atoms with van der Waals surface area (Å²) in [6.45, 7) is 0.780. The third kappa shape index (κ3) is 3.25. The zero-order chi connectivity index (χ0) is 18.8. The second-order valence-corrected chi connectivity index (χ2v) is 5.84. The number of hydrogen-bond donors (Lipinski definition) is 2. The Labute approximate surface area is 149 Å². The van der Waals surface area contributed by atoms with Gasteiger partial charge in [0.15, 0.2) is 11.5 Å². The number of fused-ring (bicyclic) bond motifs is 1. The number of amides is 2. The molecular formula is C16H20N6O4. The molecule has 1 aromatic heterocycles. The van der Waals surface area contributed by atoms with Crippen LogP contribution >= 0.6 is 0 Å². The highest BCUT2D eigenvalue weighted by Crippen LogP contribution is 2.34. The first-order valence-corrected chi connectivity index (χ1v) is 7.93. The number of hydrogen-bond acceptors (Lipinski definition) is 8. The molecule has 1 saturated heterocycles. The maximum absolute atomic E-state index is 12.2. The summed E-state index contributed by atoms with van der Waals surface area (Å²) in [4.78, 5) is 35.2. The molecule has 1 aliphatic rings. The minimum absolute atomic E-state index is 0.0471. The molecule has 0 bridgehead atoms. The van der Waals surface area contributed by atoms with Gasteiger partial charge in [-0.25, -0.2) is 4.98 Å². The number of ether oxygens (including phenoxy) is 2. The van der Waals surface area contributed by atoms with Gasteiger partial charge in [-0.1, -0.05) is 0 Å². The first-order chi connectivity index (χ1) is 12.4. The molecule has 3 rings (SSSR count). The molecule has 1 aromatic carbocycles. The van der Waals surface area contributed by atoms with Gasteiger partial charge >= 0.3 is 0 Å². The maximum atomic E-state index is 12.2. The number of nitrogens with zero attached hydrogens (tertiary/aromatic N) is 4. The lowest BCUT2D eigenvalue weighted by atomic mass is 10.2. The van der Waals surface area contributed by atoms with Crippen LogP contribution in [-0.2, 0) is 9.59 Å². The number of carbonyl (C=O) groups is 2. The standard InChI is InChI=1S/C16H20N6O4/c1-25-11-5-9-10(6-12(11)26-2)19-16(20-15(9)18)22-4-3-21(7-13(17)23)14(24)8-22/h5-6H,3-4,7-8H2,1-2H3,(H2,17,23)(H2,18,19,20). The maximum Gasteiger partial charge on any atom is 0.242 e. The van der Waals surface area contributed by atoms with Crippen LogP contribution in [-0.4, -0.2) is 67.1 Å². The molecule has 0 saturated carbocycles. The average molecular weight is 360 g/mol. The number of benzene rings is 1. The van der Waals surface area contributed by atoms with Crippen molar-refractivity contribution < 1.29 is 19.1 Å². The number of aromatic nitrogens is 2. The second kappa shape index (κ2) is 6.90. The number of methoxy groups -OCH3 is 2. The molecule has 0 atom stereocenters. The van der Waals surface area contributed by atoms with Crippen LogP contribution in [0.5, 0.6) is 11.5 Å². The van der Waals surface area contributed by atoms with E-state index >= 15 is 0 Å². The first-order valence-electron chi connectivity index (χ1n) is 7.93. The molecular weight excluding hydrogens is 340 g/mol. The molecule has 4 N–H and O–H groups in total. The van der Waals surface area contributed by atoms with Gasteiger partial charge in [0.05, 0.1) is 26.3 Å². The van der Waals surface area contributed by atoms with Crippen molar-refractivity contribution in [1.29, 1.82) is 0 Å². The van der Waals surface area contributed by atoms with Crippen molar-refractivity contribution in [2.45, 2.75) is 0 Å². The summed E-state index contributed by atoms with van der Waals surface area (Å²) in [5.74, 6) is 0.903. The Balaban J connectivity index is 1.92. The Morgan fingerprint density at radius 3 is 2.50 bits per heavy atom. The van der Waals surface area contributed by atoms with E-state index in [1.54, 1.807) is 17.0 Å². The molecule has 1 aliphatic heterocycles. The van der Waals surface area contributed by atoms with Crippen molar-refractivity contribution in [3.05, 3.63) is 12.1 Å². The fourth-order valence-electron chi connectivity index (χ4n) is 2.84. The largest absolute Gasteiger partial charge is 0.493 e. The van der Waals surface area contributed by atoms with E-state index in [0.717, 1.165) is 0 Å². The van der Waals surface area contributed by atoms with Gasteiger partial charge in [0, 0.05) is 24.5 Å². The van der Waals surface area contributed by atoms with Crippen LogP contribution in [0.2, 0.25) is 0 Å². The number of primary amides is 1. The van der Waals surface area contributed by atoms with Gasteiger partial charge in [-0.2, -0.15) is 4.98 Å². The van der Waals surface area contributed by atoms with Crippen molar-refractivity contribution in [3.63, 3.8) is 0 Å². The molecule has 138 valence electrons. The van der Waals surface area contributed by atoms with Crippen molar-refractivity contribution in [2.24, 2.45) is 5.73 Å². The number of nitrogens with two attached hydrogens (primary N) is 2. The third-order valence-corrected chi connectivity index (χ3v) is 4.17. The van der Waals surface area contributed by atoms with Crippen molar-refractivity contribution in [3.8, 4) is 11.5 Å². The van der Waals surface area contributed by atoms with Gasteiger partial charge in [0.1, 0.15) is 12.4 Å². The van der Waals surface area contributed by atoms with Crippen LogP contribution in [0.4, 0.5) is 11.8 Å². The highest BCUT2D eigenvalue weighted by molar-refractivity contribution is 5.92. The molecule has 0 aliphatic carbocycles. The van der Waals surface area contributed by atoms with Crippen LogP contribution < -0.4 is 25.8 Å². The number of nitrogen functional groups attached to an aromatic ring is 1. The lowest BCUT2D eigenvalue weighted by Crippen LogP contribution is -2.53. The Morgan fingerprint density at radius 1 is 1.19 bits per heavy atom. The fourth-order valence-corrected chi connectivity index (χ4v) is 2.84. The normalized spacial score (nSPS) is 14.6. The van der Waals surface area contributed by atoms with E-state index in [-0.39, 0.29) is 24.8 Å². The second-order valence-electron chi connectivity index (χ2n) is 5.84. The van der Waals surface area contributed by atoms with Gasteiger partial charge < -0.3 is 30.7 Å². The summed E-state index contributed by atoms with van der Waals surface area (Å²) in [5, 5.41) is 0.630. The third-order valence-electron chi connectivity index (χ3n) is 4.17. The minimum atomic E-state index is -0.543. The SMILES string of the molecule is COc1cc2nc(N3CCN(CC(N)=O)C(=O)C3)nc(N)c2cc1OC. The Kier molecular flexibility index (Phi) is 4.65. The van der Waals surface area contributed by atoms with E-state index in [0.29, 0.717) is 41.4 Å². The molecule has 2 aromatic rings. The zero-order valence-corrected chi connectivity index (χ0v) is 14.6. The summed E-state index contributed by atoms with van der Waals surface area (Å²) < 4.78 is 10.6. The molecule has 10 heteroatoms. The minimum Gasteiger partial charge on any atom is -0.493 e. The predicted molar refractivity (Wildman–Crippen MR) is 95.0 cm³/mol. The van der Waals surface area contributed by atoms with Crippen LogP contribution in [0.1, 0.15) is 0 Å². The number of piperazine rings is 1. The van der Waals surface area contributed by atoms with Crippen LogP contribution in [0, 0.1) is 0 Å². The molecule has 0 unspecified atom stereocenters. The van der Waals surface area contributed by atoms with Crippen LogP contribution in [0.3, 0.4) is 0 Å². The Morgan fingerprint density at radius 2 is 1.88 bits per heavy atom. The summed E-state index contributed by atoms with van der Waals surface area (Å²) in [5.41, 5.74) is 11.8. The lowest BCUT2D eigenvalue weighted by molar-refractivity contribution is -0.135. The van der Waals surface area contributed by atoms with Gasteiger partial charge in [-0.05, 0) is 6.07 Å². The number of carbonyl (C=O) groups excluding carboxylic acids is 2. The van der Waals surface area contributed by atoms with Gasteiger partial charge in [0.2, 0.25) is 17.8 Å². The highest BCUT2D eigenvalue weighted by atomic mass is 16.5. The fraction of sp³-hybridized carbons (Fsp3) is 0.375. The van der Waals surface area contributed by atoms with E-state index in [1.807, 2.05) is 0 Å². The van der Waals surface area contributed by atoms with Gasteiger partial charge in [-0.15, -0.1) is 0 Å². The van der Waals surface area contributed by atoms with E-state index in [2.05, 4.69) is 9.97 Å². The smallest absolute Gasteiger partial charge is 0.242 e. The number of anilines is 2. The zero-order valence-electron chi connectivity index (χ0n) is 14.6. The molecule has 26 heavy (non-hydrogen) atoms. The Hall–Kier alpha value is -3.30. The quantitative estimate of drug-likeness (QED) is 0.718. The van der Waals surface area contributed by atoms with E-state index in [4.69, 9.17) is 20.9 Å². The molecule has 2 amide bonds. The van der Waals surface area contributed by atoms with E-state index in [1.165, 1.54) is 19.1 Å². The van der Waals surface area contributed by atoms with Crippen molar-refractivity contribution >= 4 is 34.5 Å². The molecule has 10 nitrogen and oxygen atoms in total. The lowest BCUT2D eigenvalue weighted by Gasteiger charge is -2.33. The molecule has 0 spiro atoms. The first kappa shape index (κ1) is 17.5. The summed E-state index contributed by atoms with van der Waals surface area (Å²) in [6, 6.07) is 3.42. The summed E-state index contributed by atoms with van der Waals surface area (Å²) in [6.07, 6.45) is 0. The van der Waals surface area contributed by atoms with Gasteiger partial charge in [0.25, 0.3) is 0 Å². The van der Waals surface area contributed by atoms with Crippen LogP contribution in [0.25, 0.3) is 10.9 Å². The van der Waals surface area contributed by atoms with Crippen LogP contribution in [0.15, 0.2) is 12.1 Å². The van der Waals surface area contributed by atoms with Gasteiger partial charge in [-0.3, -0.25) is 9.59 Å². The molecule has 0 radical (unpaired) electrons. The summed E-state index contributed by atoms with van der Waals surface area (Å²) in [7, 11) is 3.07. The molecule has 2 heterocycles. The van der Waals surface area contributed by atoms with E-state index < -0.39 is 5.91 Å². The van der Waals surface area contributed by atoms with Crippen molar-refractivity contribution in [1.82, 2.24) is 14.9 Å². The average Bonchev–Trinajstić information content (AvgIpc) is 2.61. The van der Waals surface area contributed by atoms with Crippen molar-refractivity contribution in [2.75, 3.05) is 51.0 Å². The monoisotopic (exact) mass is 360 g/mol. The predicted octanol–water partition coefficient (Wildman–Crippen LogP) is -0.637. The Bertz CT molecular complexity index is 871. The topological polar surface area (TPSA) is 137 Å². The van der Waals surface area contributed by atoms with E-state index in [9.17, 15) is 9.59 Å². The number of rotatable bonds is 5. The summed E-state index contributed by atoms with van der Waals surface area (Å²) >= 11 is 0. The highest BCUT2D eigenvalue weighted by Gasteiger charge is 2.27. The molecule has 1 fully saturated rings.